The molecule has 3 heteroatoms. The number of hydrogen-bond acceptors (Lipinski definition) is 0. The van der Waals surface area contributed by atoms with Crippen molar-refractivity contribution in [1.82, 2.24) is 0 Å². The Labute approximate surface area is 290 Å². The summed E-state index contributed by atoms with van der Waals surface area (Å²) in [6.45, 7) is 17.9. The summed E-state index contributed by atoms with van der Waals surface area (Å²) in [6.07, 6.45) is 14.0. The zero-order chi connectivity index (χ0) is 29.8. The summed E-state index contributed by atoms with van der Waals surface area (Å²) in [5.41, 5.74) is 12.6. The zero-order valence-electron chi connectivity index (χ0n) is 27.4. The third-order valence-corrected chi connectivity index (χ3v) is 9.50. The van der Waals surface area contributed by atoms with Crippen molar-refractivity contribution >= 4 is 8.78 Å². The number of rotatable bonds is 1. The van der Waals surface area contributed by atoms with Crippen LogP contribution in [0.15, 0.2) is 72.3 Å². The van der Waals surface area contributed by atoms with Gasteiger partial charge in [-0.25, -0.2) is 5.57 Å². The van der Waals surface area contributed by atoms with Gasteiger partial charge >= 0.3 is 59.5 Å². The molecule has 0 saturated heterocycles. The Bertz CT molecular complexity index is 1360. The molecule has 1 fully saturated rings. The molecule has 0 heterocycles. The topological polar surface area (TPSA) is 0 Å². The normalized spacial score (nSPS) is 17.0. The molecule has 0 aromatic heterocycles. The molecule has 0 bridgehead atoms. The van der Waals surface area contributed by atoms with E-state index in [-0.39, 0.29) is 35.6 Å². The van der Waals surface area contributed by atoms with E-state index < -0.39 is 0 Å². The van der Waals surface area contributed by atoms with Crippen LogP contribution in [0.4, 0.5) is 0 Å². The first-order chi connectivity index (χ1) is 19.3. The van der Waals surface area contributed by atoms with Crippen LogP contribution in [-0.4, -0.2) is 3.21 Å². The molecule has 1 atom stereocenters. The molecular weight excluding hydrogens is 643 g/mol. The molecule has 3 aromatic carbocycles. The van der Waals surface area contributed by atoms with Gasteiger partial charge in [0.1, 0.15) is 0 Å². The number of allylic oxidation sites excluding steroid dienone is 4. The number of halogens is 2. The van der Waals surface area contributed by atoms with Crippen molar-refractivity contribution < 1.29 is 49.0 Å². The minimum absolute atomic E-state index is 0. The van der Waals surface area contributed by atoms with Crippen LogP contribution in [0.1, 0.15) is 115 Å². The van der Waals surface area contributed by atoms with Crippen LogP contribution in [0.3, 0.4) is 0 Å². The van der Waals surface area contributed by atoms with Gasteiger partial charge in [-0.15, -0.1) is 16.7 Å². The number of fused-ring (bicyclic) bond motifs is 3. The van der Waals surface area contributed by atoms with Gasteiger partial charge in [-0.3, -0.25) is 6.08 Å². The first kappa shape index (κ1) is 37.7. The fourth-order valence-corrected chi connectivity index (χ4v) is 6.64. The maximum absolute atomic E-state index is 3.67. The standard InChI is InChI=1S/C21H25.C13H13.C6H10.2ClH.Zr/c1-20(2,3)16-7-9-18-14(12-16)11-15-13-17(21(4,5)6)8-10-19(15)18;1-10-8-11(2)13(9-10)12-6-4-3-5-7-12;1-2-4-6-5-3-1;;;/h7-10,12H,11H2,1-6H3;3-7,9-10H,1-2H3;1-5H2;2*1H;/q2*-1;;;;+2/p-2. The van der Waals surface area contributed by atoms with Crippen molar-refractivity contribution in [3.63, 3.8) is 0 Å². The van der Waals surface area contributed by atoms with E-state index in [4.69, 9.17) is 0 Å². The molecule has 6 rings (SSSR count). The van der Waals surface area contributed by atoms with Gasteiger partial charge in [-0.05, 0) is 28.4 Å². The molecule has 0 N–H and O–H groups in total. The van der Waals surface area contributed by atoms with Crippen molar-refractivity contribution in [2.24, 2.45) is 5.92 Å². The maximum atomic E-state index is 3.67. The zero-order valence-corrected chi connectivity index (χ0v) is 31.4. The van der Waals surface area contributed by atoms with Gasteiger partial charge in [0.15, 0.2) is 0 Å². The molecule has 1 saturated carbocycles. The van der Waals surface area contributed by atoms with Crippen LogP contribution in [-0.2, 0) is 41.5 Å². The first-order valence-corrected chi connectivity index (χ1v) is 16.7. The Morgan fingerprint density at radius 1 is 0.767 bits per heavy atom. The molecule has 0 radical (unpaired) electrons. The fraction of sp³-hybridized carbons (Fsp3) is 0.425. The Hall–Kier alpha value is -1.53. The summed E-state index contributed by atoms with van der Waals surface area (Å²) in [4.78, 5) is 0. The number of hydrogen-bond donors (Lipinski definition) is 0. The summed E-state index contributed by atoms with van der Waals surface area (Å²) < 4.78 is 1.80. The summed E-state index contributed by atoms with van der Waals surface area (Å²) in [5.74, 6) is 0.468. The van der Waals surface area contributed by atoms with Crippen LogP contribution in [0, 0.1) is 18.1 Å². The number of benzene rings is 3. The summed E-state index contributed by atoms with van der Waals surface area (Å²) in [5, 5.41) is 0. The second-order valence-electron chi connectivity index (χ2n) is 14.0. The van der Waals surface area contributed by atoms with Crippen LogP contribution >= 0.6 is 0 Å². The predicted octanol–water partition coefficient (Wildman–Crippen LogP) is 4.80. The third-order valence-electron chi connectivity index (χ3n) is 8.27. The quantitative estimate of drug-likeness (QED) is 0.252. The third kappa shape index (κ3) is 10.2. The van der Waals surface area contributed by atoms with Crippen molar-refractivity contribution in [1.29, 1.82) is 0 Å². The van der Waals surface area contributed by atoms with Crippen molar-refractivity contribution in [2.45, 2.75) is 105 Å². The van der Waals surface area contributed by atoms with Gasteiger partial charge < -0.3 is 24.8 Å². The molecule has 0 spiro atoms. The summed E-state index contributed by atoms with van der Waals surface area (Å²) in [6, 6.07) is 25.7. The van der Waals surface area contributed by atoms with Gasteiger partial charge in [0.2, 0.25) is 0 Å². The average Bonchev–Trinajstić information content (AvgIpc) is 3.47. The van der Waals surface area contributed by atoms with Crippen LogP contribution in [0.25, 0.3) is 16.7 Å². The molecule has 3 aliphatic carbocycles. The molecule has 0 amide bonds. The Kier molecular flexibility index (Phi) is 14.2. The van der Waals surface area contributed by atoms with E-state index in [1.165, 1.54) is 82.2 Å². The van der Waals surface area contributed by atoms with Gasteiger partial charge in [0.25, 0.3) is 0 Å². The van der Waals surface area contributed by atoms with Gasteiger partial charge in [0.05, 0.1) is 0 Å². The van der Waals surface area contributed by atoms with Crippen LogP contribution in [0.2, 0.25) is 0 Å². The van der Waals surface area contributed by atoms with Crippen LogP contribution < -0.4 is 24.8 Å². The Balaban J connectivity index is 0.000000250. The summed E-state index contributed by atoms with van der Waals surface area (Å²) >= 11 is 1.69. The average molecular weight is 691 g/mol. The molecule has 0 aliphatic heterocycles. The first-order valence-electron chi connectivity index (χ1n) is 15.5. The van der Waals surface area contributed by atoms with E-state index >= 15 is 0 Å². The van der Waals surface area contributed by atoms with Crippen molar-refractivity contribution in [3.05, 3.63) is 112 Å². The van der Waals surface area contributed by atoms with Gasteiger partial charge in [-0.1, -0.05) is 115 Å². The van der Waals surface area contributed by atoms with Crippen molar-refractivity contribution in [3.8, 4) is 11.1 Å². The van der Waals surface area contributed by atoms with Gasteiger partial charge in [-0.2, -0.15) is 35.4 Å². The molecule has 228 valence electrons. The SMILES string of the molecule is CC(C)(C)c1[c-]c2c(cc1)-c1ccc(C(C)(C)C)cc1C2.CC1=[C-]C(C)C=C1c1ccccc1.[Cl-].[Cl-].[Zr+2]=[C]1CCCCC1. The molecule has 0 nitrogen and oxygen atoms in total. The monoisotopic (exact) mass is 688 g/mol. The van der Waals surface area contributed by atoms with E-state index in [0.29, 0.717) is 5.92 Å². The molecule has 43 heavy (non-hydrogen) atoms. The predicted molar refractivity (Wildman–Crippen MR) is 175 cm³/mol. The molecule has 3 aliphatic rings. The molecular formula is C40H48Cl2Zr-2. The second kappa shape index (κ2) is 16.2. The fourth-order valence-electron chi connectivity index (χ4n) is 5.77. The van der Waals surface area contributed by atoms with E-state index in [2.05, 4.69) is 128 Å². The van der Waals surface area contributed by atoms with Gasteiger partial charge in [0, 0.05) is 0 Å². The Morgan fingerprint density at radius 3 is 1.91 bits per heavy atom. The Morgan fingerprint density at radius 2 is 1.40 bits per heavy atom. The van der Waals surface area contributed by atoms with Crippen LogP contribution in [0.5, 0.6) is 0 Å². The molecule has 3 aromatic rings. The van der Waals surface area contributed by atoms with E-state index in [1.807, 2.05) is 6.07 Å². The molecule has 1 unspecified atom stereocenters. The van der Waals surface area contributed by atoms with Crippen molar-refractivity contribution in [2.75, 3.05) is 0 Å². The second-order valence-corrected chi connectivity index (χ2v) is 15.7. The van der Waals surface area contributed by atoms with E-state index in [1.54, 1.807) is 27.4 Å². The van der Waals surface area contributed by atoms with E-state index in [9.17, 15) is 0 Å². The summed E-state index contributed by atoms with van der Waals surface area (Å²) in [7, 11) is 0. The van der Waals surface area contributed by atoms with E-state index in [0.717, 1.165) is 6.42 Å². The minimum atomic E-state index is 0.